The summed E-state index contributed by atoms with van der Waals surface area (Å²) in [6, 6.07) is 6.23. The van der Waals surface area contributed by atoms with Crippen molar-refractivity contribution >= 4 is 23.5 Å². The summed E-state index contributed by atoms with van der Waals surface area (Å²) in [7, 11) is 0. The summed E-state index contributed by atoms with van der Waals surface area (Å²) in [5, 5.41) is 0. The van der Waals surface area contributed by atoms with E-state index in [2.05, 4.69) is 6.92 Å². The van der Waals surface area contributed by atoms with E-state index in [9.17, 15) is 14.4 Å². The van der Waals surface area contributed by atoms with Crippen molar-refractivity contribution in [2.45, 2.75) is 26.4 Å². The molecule has 0 aromatic heterocycles. The highest BCUT2D eigenvalue weighted by Gasteiger charge is 2.30. The number of carbonyl (C=O) groups excluding carboxylic acids is 3. The molecule has 0 aliphatic carbocycles. The molecule has 0 bridgehead atoms. The lowest BCUT2D eigenvalue weighted by molar-refractivity contribution is -0.120. The standard InChI is InChI=1S/C18H19NO5/c1-11-9-16(20)19(17(11)21)14-5-3-13(4-6-14)18(22)23-8-7-15-12(2)10-24-15/h3-6,9,12,15H,7-8,10H2,1-2H3. The van der Waals surface area contributed by atoms with Crippen molar-refractivity contribution < 1.29 is 23.9 Å². The molecule has 1 aromatic rings. The van der Waals surface area contributed by atoms with Crippen LogP contribution in [-0.4, -0.2) is 37.1 Å². The first-order valence-electron chi connectivity index (χ1n) is 7.93. The number of nitrogens with zero attached hydrogens (tertiary/aromatic N) is 1. The third-order valence-electron chi connectivity index (χ3n) is 4.31. The molecule has 2 unspecified atom stereocenters. The van der Waals surface area contributed by atoms with Crippen molar-refractivity contribution in [1.29, 1.82) is 0 Å². The van der Waals surface area contributed by atoms with E-state index in [1.54, 1.807) is 31.2 Å². The second kappa shape index (κ2) is 6.57. The number of anilines is 1. The molecule has 2 heterocycles. The number of imide groups is 1. The van der Waals surface area contributed by atoms with Crippen LogP contribution in [0.4, 0.5) is 5.69 Å². The molecule has 6 nitrogen and oxygen atoms in total. The highest BCUT2D eigenvalue weighted by molar-refractivity contribution is 6.30. The molecule has 6 heteroatoms. The highest BCUT2D eigenvalue weighted by Crippen LogP contribution is 2.24. The van der Waals surface area contributed by atoms with Crippen LogP contribution in [0.15, 0.2) is 35.9 Å². The lowest BCUT2D eigenvalue weighted by atomic mass is 9.98. The Kier molecular flexibility index (Phi) is 4.49. The summed E-state index contributed by atoms with van der Waals surface area (Å²) in [6.07, 6.45) is 2.16. The Morgan fingerprint density at radius 1 is 1.29 bits per heavy atom. The van der Waals surface area contributed by atoms with Gasteiger partial charge in [-0.3, -0.25) is 9.59 Å². The second-order valence-electron chi connectivity index (χ2n) is 6.13. The Morgan fingerprint density at radius 2 is 2.00 bits per heavy atom. The maximum atomic E-state index is 12.0. The topological polar surface area (TPSA) is 72.9 Å². The van der Waals surface area contributed by atoms with E-state index >= 15 is 0 Å². The molecule has 1 fully saturated rings. The van der Waals surface area contributed by atoms with Gasteiger partial charge in [-0.25, -0.2) is 9.69 Å². The van der Waals surface area contributed by atoms with Crippen LogP contribution >= 0.6 is 0 Å². The molecule has 1 aromatic carbocycles. The first-order valence-corrected chi connectivity index (χ1v) is 7.93. The minimum absolute atomic E-state index is 0.170. The third-order valence-corrected chi connectivity index (χ3v) is 4.31. The fraction of sp³-hybridized carbons (Fsp3) is 0.389. The van der Waals surface area contributed by atoms with Gasteiger partial charge in [-0.15, -0.1) is 0 Å². The van der Waals surface area contributed by atoms with Gasteiger partial charge in [0.15, 0.2) is 0 Å². The fourth-order valence-electron chi connectivity index (χ4n) is 2.72. The first kappa shape index (κ1) is 16.4. The SMILES string of the molecule is CC1=CC(=O)N(c2ccc(C(=O)OCCC3OCC3C)cc2)C1=O. The van der Waals surface area contributed by atoms with Crippen molar-refractivity contribution in [2.24, 2.45) is 5.92 Å². The molecule has 0 spiro atoms. The number of rotatable bonds is 5. The summed E-state index contributed by atoms with van der Waals surface area (Å²) in [5.41, 5.74) is 1.22. The van der Waals surface area contributed by atoms with Crippen LogP contribution in [0, 0.1) is 5.92 Å². The van der Waals surface area contributed by atoms with Gasteiger partial charge in [0.2, 0.25) is 0 Å². The van der Waals surface area contributed by atoms with Crippen LogP contribution < -0.4 is 4.90 Å². The Hall–Kier alpha value is -2.47. The molecule has 0 saturated carbocycles. The van der Waals surface area contributed by atoms with E-state index in [0.717, 1.165) is 11.5 Å². The quantitative estimate of drug-likeness (QED) is 0.611. The Labute approximate surface area is 140 Å². The summed E-state index contributed by atoms with van der Waals surface area (Å²) < 4.78 is 10.6. The molecule has 2 amide bonds. The van der Waals surface area contributed by atoms with E-state index < -0.39 is 5.97 Å². The molecule has 1 saturated heterocycles. The molecule has 2 aliphatic rings. The van der Waals surface area contributed by atoms with Gasteiger partial charge in [0.05, 0.1) is 30.6 Å². The highest BCUT2D eigenvalue weighted by atomic mass is 16.5. The number of hydrogen-bond acceptors (Lipinski definition) is 5. The van der Waals surface area contributed by atoms with Crippen molar-refractivity contribution in [2.75, 3.05) is 18.1 Å². The number of amides is 2. The van der Waals surface area contributed by atoms with Gasteiger partial charge in [-0.1, -0.05) is 6.92 Å². The Bertz CT molecular complexity index is 707. The number of carbonyl (C=O) groups is 3. The monoisotopic (exact) mass is 329 g/mol. The molecule has 2 aliphatic heterocycles. The van der Waals surface area contributed by atoms with Gasteiger partial charge in [0, 0.05) is 24.0 Å². The maximum Gasteiger partial charge on any atom is 0.338 e. The molecular formula is C18H19NO5. The van der Waals surface area contributed by atoms with Crippen molar-refractivity contribution in [3.05, 3.63) is 41.5 Å². The lowest BCUT2D eigenvalue weighted by Crippen LogP contribution is -2.38. The molecule has 0 radical (unpaired) electrons. The third kappa shape index (κ3) is 3.10. The van der Waals surface area contributed by atoms with Gasteiger partial charge in [-0.05, 0) is 31.2 Å². The van der Waals surface area contributed by atoms with Gasteiger partial charge < -0.3 is 9.47 Å². The normalized spacial score (nSPS) is 23.1. The summed E-state index contributed by atoms with van der Waals surface area (Å²) in [5.74, 6) is -0.634. The van der Waals surface area contributed by atoms with E-state index in [4.69, 9.17) is 9.47 Å². The number of hydrogen-bond donors (Lipinski definition) is 0. The number of benzene rings is 1. The average Bonchev–Trinajstić information content (AvgIpc) is 2.82. The average molecular weight is 329 g/mol. The predicted molar refractivity (Wildman–Crippen MR) is 86.5 cm³/mol. The van der Waals surface area contributed by atoms with Crippen LogP contribution in [0.5, 0.6) is 0 Å². The summed E-state index contributed by atoms with van der Waals surface area (Å²) >= 11 is 0. The molecule has 3 rings (SSSR count). The van der Waals surface area contributed by atoms with Crippen molar-refractivity contribution in [3.63, 3.8) is 0 Å². The summed E-state index contributed by atoms with van der Waals surface area (Å²) in [4.78, 5) is 36.8. The van der Waals surface area contributed by atoms with Crippen molar-refractivity contribution in [3.8, 4) is 0 Å². The van der Waals surface area contributed by atoms with Gasteiger partial charge in [0.1, 0.15) is 0 Å². The van der Waals surface area contributed by atoms with E-state index in [1.165, 1.54) is 6.08 Å². The van der Waals surface area contributed by atoms with Gasteiger partial charge in [0.25, 0.3) is 11.8 Å². The Balaban J connectivity index is 1.57. The van der Waals surface area contributed by atoms with Crippen LogP contribution in [-0.2, 0) is 19.1 Å². The summed E-state index contributed by atoms with van der Waals surface area (Å²) in [6.45, 7) is 4.77. The zero-order valence-electron chi connectivity index (χ0n) is 13.7. The van der Waals surface area contributed by atoms with Crippen LogP contribution in [0.1, 0.15) is 30.6 Å². The Morgan fingerprint density at radius 3 is 2.50 bits per heavy atom. The van der Waals surface area contributed by atoms with Crippen LogP contribution in [0.2, 0.25) is 0 Å². The van der Waals surface area contributed by atoms with Gasteiger partial charge >= 0.3 is 5.97 Å². The van der Waals surface area contributed by atoms with E-state index in [1.807, 2.05) is 0 Å². The van der Waals surface area contributed by atoms with Crippen molar-refractivity contribution in [1.82, 2.24) is 0 Å². The van der Waals surface area contributed by atoms with E-state index in [0.29, 0.717) is 35.8 Å². The first-order chi connectivity index (χ1) is 11.5. The van der Waals surface area contributed by atoms with E-state index in [-0.39, 0.29) is 17.9 Å². The van der Waals surface area contributed by atoms with Crippen LogP contribution in [0.3, 0.4) is 0 Å². The van der Waals surface area contributed by atoms with Crippen LogP contribution in [0.25, 0.3) is 0 Å². The number of esters is 1. The fourth-order valence-corrected chi connectivity index (χ4v) is 2.72. The number of ether oxygens (including phenoxy) is 2. The second-order valence-corrected chi connectivity index (χ2v) is 6.13. The zero-order chi connectivity index (χ0) is 17.3. The van der Waals surface area contributed by atoms with Gasteiger partial charge in [-0.2, -0.15) is 0 Å². The molecular weight excluding hydrogens is 310 g/mol. The largest absolute Gasteiger partial charge is 0.462 e. The minimum atomic E-state index is -0.429. The molecule has 2 atom stereocenters. The molecule has 126 valence electrons. The molecule has 24 heavy (non-hydrogen) atoms. The predicted octanol–water partition coefficient (Wildman–Crippen LogP) is 2.09. The lowest BCUT2D eigenvalue weighted by Gasteiger charge is -2.33. The minimum Gasteiger partial charge on any atom is -0.462 e. The maximum absolute atomic E-state index is 12.0. The zero-order valence-corrected chi connectivity index (χ0v) is 13.7. The smallest absolute Gasteiger partial charge is 0.338 e. The molecule has 0 N–H and O–H groups in total.